The van der Waals surface area contributed by atoms with Crippen molar-refractivity contribution in [2.45, 2.75) is 13.5 Å². The second kappa shape index (κ2) is 10.2. The standard InChI is InChI=1S/C18H18BrClN6O4/c1-11-6-13(2-3-14(11)20)29-10-16(27)21-4-5-22-17(28)18-24-15(25-30-18)9-26-8-12(19)7-23-26/h2-3,6-8H,4-5,9-10H2,1H3,(H,21,27)(H,22,28). The van der Waals surface area contributed by atoms with Gasteiger partial charge in [0.1, 0.15) is 12.3 Å². The van der Waals surface area contributed by atoms with Crippen molar-refractivity contribution in [3.05, 3.63) is 57.4 Å². The second-order valence-corrected chi connectivity index (χ2v) is 7.50. The van der Waals surface area contributed by atoms with Gasteiger partial charge in [-0.2, -0.15) is 10.1 Å². The lowest BCUT2D eigenvalue weighted by molar-refractivity contribution is -0.123. The van der Waals surface area contributed by atoms with E-state index in [1.54, 1.807) is 35.3 Å². The normalized spacial score (nSPS) is 10.6. The minimum absolute atomic E-state index is 0.147. The average molecular weight is 498 g/mol. The SMILES string of the molecule is Cc1cc(OCC(=O)NCCNC(=O)c2nc(Cn3cc(Br)cn3)no2)ccc1Cl. The summed E-state index contributed by atoms with van der Waals surface area (Å²) in [6, 6.07) is 5.14. The summed E-state index contributed by atoms with van der Waals surface area (Å²) in [4.78, 5) is 27.9. The van der Waals surface area contributed by atoms with Crippen molar-refractivity contribution < 1.29 is 18.8 Å². The third-order valence-corrected chi connectivity index (χ3v) is 4.63. The largest absolute Gasteiger partial charge is 0.484 e. The van der Waals surface area contributed by atoms with Crippen molar-refractivity contribution in [3.8, 4) is 5.75 Å². The number of carbonyl (C=O) groups excluding carboxylic acids is 2. The van der Waals surface area contributed by atoms with E-state index in [-0.39, 0.29) is 38.0 Å². The van der Waals surface area contributed by atoms with E-state index in [2.05, 4.69) is 41.8 Å². The van der Waals surface area contributed by atoms with Crippen LogP contribution in [0.2, 0.25) is 5.02 Å². The molecule has 0 bridgehead atoms. The Morgan fingerprint density at radius 2 is 2.10 bits per heavy atom. The Bertz CT molecular complexity index is 1040. The fourth-order valence-electron chi connectivity index (χ4n) is 2.34. The van der Waals surface area contributed by atoms with Crippen molar-refractivity contribution in [1.82, 2.24) is 30.6 Å². The summed E-state index contributed by atoms with van der Waals surface area (Å²) in [5.41, 5.74) is 0.860. The van der Waals surface area contributed by atoms with E-state index in [4.69, 9.17) is 20.9 Å². The van der Waals surface area contributed by atoms with E-state index in [9.17, 15) is 9.59 Å². The van der Waals surface area contributed by atoms with Crippen molar-refractivity contribution in [1.29, 1.82) is 0 Å². The van der Waals surface area contributed by atoms with Gasteiger partial charge in [0.05, 0.1) is 10.7 Å². The van der Waals surface area contributed by atoms with Gasteiger partial charge in [0.25, 0.3) is 5.91 Å². The monoisotopic (exact) mass is 496 g/mol. The molecule has 0 fully saturated rings. The predicted octanol–water partition coefficient (Wildman–Crippen LogP) is 1.96. The third-order valence-electron chi connectivity index (χ3n) is 3.80. The van der Waals surface area contributed by atoms with Crippen LogP contribution >= 0.6 is 27.5 Å². The summed E-state index contributed by atoms with van der Waals surface area (Å²) in [5.74, 6) is -0.141. The molecule has 10 nitrogen and oxygen atoms in total. The first kappa shape index (κ1) is 21.8. The summed E-state index contributed by atoms with van der Waals surface area (Å²) in [6.07, 6.45) is 3.38. The molecular formula is C18H18BrClN6O4. The van der Waals surface area contributed by atoms with E-state index < -0.39 is 5.91 Å². The van der Waals surface area contributed by atoms with Crippen molar-refractivity contribution in [2.75, 3.05) is 19.7 Å². The molecule has 3 aromatic rings. The molecule has 3 rings (SSSR count). The first-order valence-electron chi connectivity index (χ1n) is 8.85. The lowest BCUT2D eigenvalue weighted by Crippen LogP contribution is -2.36. The number of benzene rings is 1. The Balaban J connectivity index is 1.35. The highest BCUT2D eigenvalue weighted by molar-refractivity contribution is 9.10. The zero-order valence-corrected chi connectivity index (χ0v) is 18.2. The molecule has 0 spiro atoms. The number of ether oxygens (including phenoxy) is 1. The summed E-state index contributed by atoms with van der Waals surface area (Å²) in [5, 5.41) is 13.7. The van der Waals surface area contributed by atoms with Crippen molar-refractivity contribution in [2.24, 2.45) is 0 Å². The minimum Gasteiger partial charge on any atom is -0.484 e. The zero-order chi connectivity index (χ0) is 21.5. The van der Waals surface area contributed by atoms with E-state index in [1.165, 1.54) is 0 Å². The van der Waals surface area contributed by atoms with Gasteiger partial charge in [0.2, 0.25) is 0 Å². The minimum atomic E-state index is -0.530. The highest BCUT2D eigenvalue weighted by Gasteiger charge is 2.15. The molecule has 0 atom stereocenters. The number of aromatic nitrogens is 4. The number of carbonyl (C=O) groups is 2. The molecule has 2 heterocycles. The fraction of sp³-hybridized carbons (Fsp3) is 0.278. The van der Waals surface area contributed by atoms with Gasteiger partial charge >= 0.3 is 11.8 Å². The van der Waals surface area contributed by atoms with E-state index in [0.717, 1.165) is 10.0 Å². The fourth-order valence-corrected chi connectivity index (χ4v) is 2.79. The maximum Gasteiger partial charge on any atom is 0.316 e. The highest BCUT2D eigenvalue weighted by Crippen LogP contribution is 2.20. The molecule has 0 saturated heterocycles. The van der Waals surface area contributed by atoms with E-state index in [1.807, 2.05) is 6.92 Å². The maximum atomic E-state index is 12.0. The van der Waals surface area contributed by atoms with Gasteiger partial charge in [0, 0.05) is 24.3 Å². The molecule has 12 heteroatoms. The lowest BCUT2D eigenvalue weighted by Gasteiger charge is -2.08. The van der Waals surface area contributed by atoms with Gasteiger partial charge in [-0.1, -0.05) is 16.8 Å². The third kappa shape index (κ3) is 6.29. The second-order valence-electron chi connectivity index (χ2n) is 6.18. The van der Waals surface area contributed by atoms with Crippen LogP contribution in [0.25, 0.3) is 0 Å². The van der Waals surface area contributed by atoms with Crippen LogP contribution < -0.4 is 15.4 Å². The summed E-state index contributed by atoms with van der Waals surface area (Å²) >= 11 is 9.24. The summed E-state index contributed by atoms with van der Waals surface area (Å²) in [7, 11) is 0. The smallest absolute Gasteiger partial charge is 0.316 e. The number of hydrogen-bond acceptors (Lipinski definition) is 7. The van der Waals surface area contributed by atoms with Crippen LogP contribution in [0.15, 0.2) is 39.6 Å². The first-order valence-corrected chi connectivity index (χ1v) is 10.0. The number of rotatable bonds is 9. The molecule has 0 aliphatic heterocycles. The van der Waals surface area contributed by atoms with Crippen molar-refractivity contribution >= 4 is 39.3 Å². The molecule has 0 radical (unpaired) electrons. The summed E-state index contributed by atoms with van der Waals surface area (Å²) < 4.78 is 12.8. The number of aryl methyl sites for hydroxylation is 1. The van der Waals surface area contributed by atoms with Gasteiger partial charge in [-0.05, 0) is 46.6 Å². The topological polar surface area (TPSA) is 124 Å². The van der Waals surface area contributed by atoms with Gasteiger partial charge in [0.15, 0.2) is 12.4 Å². The average Bonchev–Trinajstić information content (AvgIpc) is 3.35. The Morgan fingerprint density at radius 1 is 1.30 bits per heavy atom. The molecule has 0 aliphatic carbocycles. The molecular weight excluding hydrogens is 480 g/mol. The lowest BCUT2D eigenvalue weighted by atomic mass is 10.2. The molecule has 1 aromatic carbocycles. The van der Waals surface area contributed by atoms with Gasteiger partial charge in [-0.25, -0.2) is 0 Å². The van der Waals surface area contributed by atoms with Crippen LogP contribution in [-0.2, 0) is 11.3 Å². The first-order chi connectivity index (χ1) is 14.4. The molecule has 0 aliphatic rings. The van der Waals surface area contributed by atoms with E-state index >= 15 is 0 Å². The maximum absolute atomic E-state index is 12.0. The molecule has 158 valence electrons. The van der Waals surface area contributed by atoms with Crippen molar-refractivity contribution in [3.63, 3.8) is 0 Å². The molecule has 0 unspecified atom stereocenters. The Labute approximate surface area is 185 Å². The van der Waals surface area contributed by atoms with E-state index in [0.29, 0.717) is 16.6 Å². The number of amides is 2. The number of nitrogens with one attached hydrogen (secondary N) is 2. The van der Waals surface area contributed by atoms with Crippen LogP contribution in [0.3, 0.4) is 0 Å². The summed E-state index contributed by atoms with van der Waals surface area (Å²) in [6.45, 7) is 2.38. The molecule has 2 amide bonds. The Kier molecular flexibility index (Phi) is 7.41. The Hall–Kier alpha value is -2.92. The molecule has 2 aromatic heterocycles. The number of hydrogen-bond donors (Lipinski definition) is 2. The molecule has 0 saturated carbocycles. The van der Waals surface area contributed by atoms with Crippen LogP contribution in [0, 0.1) is 6.92 Å². The van der Waals surface area contributed by atoms with Crippen LogP contribution in [-0.4, -0.2) is 51.4 Å². The van der Waals surface area contributed by atoms with Crippen LogP contribution in [0.4, 0.5) is 0 Å². The van der Waals surface area contributed by atoms with Gasteiger partial charge in [-0.3, -0.25) is 14.3 Å². The quantitative estimate of drug-likeness (QED) is 0.433. The van der Waals surface area contributed by atoms with Gasteiger partial charge in [-0.15, -0.1) is 0 Å². The number of nitrogens with zero attached hydrogens (tertiary/aromatic N) is 4. The number of halogens is 2. The van der Waals surface area contributed by atoms with Gasteiger partial charge < -0.3 is 19.9 Å². The highest BCUT2D eigenvalue weighted by atomic mass is 79.9. The van der Waals surface area contributed by atoms with Crippen LogP contribution in [0.5, 0.6) is 5.75 Å². The molecule has 2 N–H and O–H groups in total. The Morgan fingerprint density at radius 3 is 2.83 bits per heavy atom. The van der Waals surface area contributed by atoms with Crippen LogP contribution in [0.1, 0.15) is 22.1 Å². The zero-order valence-electron chi connectivity index (χ0n) is 15.9. The molecule has 30 heavy (non-hydrogen) atoms. The predicted molar refractivity (Wildman–Crippen MR) is 110 cm³/mol.